The van der Waals surface area contributed by atoms with Crippen LogP contribution < -0.4 is 4.74 Å². The lowest BCUT2D eigenvalue weighted by molar-refractivity contribution is 0.0700. The van der Waals surface area contributed by atoms with E-state index in [0.29, 0.717) is 23.6 Å². The first-order valence-corrected chi connectivity index (χ1v) is 7.93. The number of thiazole rings is 1. The molecule has 0 aliphatic carbocycles. The molecule has 1 heterocycles. The second-order valence-electron chi connectivity index (χ2n) is 4.73. The van der Waals surface area contributed by atoms with Gasteiger partial charge in [-0.05, 0) is 25.0 Å². The van der Waals surface area contributed by atoms with Gasteiger partial charge < -0.3 is 9.84 Å². The molecule has 0 bridgehead atoms. The van der Waals surface area contributed by atoms with Crippen LogP contribution in [0.25, 0.3) is 10.6 Å². The summed E-state index contributed by atoms with van der Waals surface area (Å²) >= 11 is 1.23. The number of carboxylic acids is 1. The molecule has 0 aliphatic heterocycles. The lowest BCUT2D eigenvalue weighted by Gasteiger charge is -2.05. The summed E-state index contributed by atoms with van der Waals surface area (Å²) in [7, 11) is 0. The van der Waals surface area contributed by atoms with E-state index in [-0.39, 0.29) is 0 Å². The van der Waals surface area contributed by atoms with Gasteiger partial charge in [0.2, 0.25) is 0 Å². The summed E-state index contributed by atoms with van der Waals surface area (Å²) in [5.41, 5.74) is 1.57. The third kappa shape index (κ3) is 3.82. The first-order valence-electron chi connectivity index (χ1n) is 7.12. The molecule has 2 rings (SSSR count). The molecule has 21 heavy (non-hydrogen) atoms. The van der Waals surface area contributed by atoms with E-state index >= 15 is 0 Å². The smallest absolute Gasteiger partial charge is 0.347 e. The van der Waals surface area contributed by atoms with Crippen LogP contribution in [0.3, 0.4) is 0 Å². The van der Waals surface area contributed by atoms with Crippen molar-refractivity contribution in [2.24, 2.45) is 0 Å². The van der Waals surface area contributed by atoms with E-state index in [1.54, 1.807) is 0 Å². The normalized spacial score (nSPS) is 10.6. The number of ether oxygens (including phenoxy) is 1. The molecule has 112 valence electrons. The lowest BCUT2D eigenvalue weighted by atomic mass is 10.2. The van der Waals surface area contributed by atoms with E-state index in [4.69, 9.17) is 4.74 Å². The lowest BCUT2D eigenvalue weighted by Crippen LogP contribution is -1.98. The topological polar surface area (TPSA) is 59.4 Å². The van der Waals surface area contributed by atoms with Gasteiger partial charge in [0.1, 0.15) is 15.6 Å². The molecule has 0 saturated heterocycles. The number of hydrogen-bond acceptors (Lipinski definition) is 4. The highest BCUT2D eigenvalue weighted by Gasteiger charge is 2.17. The van der Waals surface area contributed by atoms with Crippen LogP contribution in [0.15, 0.2) is 24.3 Å². The summed E-state index contributed by atoms with van der Waals surface area (Å²) in [4.78, 5) is 16.1. The Morgan fingerprint density at radius 2 is 2.14 bits per heavy atom. The fourth-order valence-corrected chi connectivity index (χ4v) is 2.93. The van der Waals surface area contributed by atoms with Crippen molar-refractivity contribution in [1.29, 1.82) is 0 Å². The zero-order valence-corrected chi connectivity index (χ0v) is 13.1. The Kier molecular flexibility index (Phi) is 5.33. The van der Waals surface area contributed by atoms with E-state index in [1.807, 2.05) is 31.2 Å². The molecule has 4 nitrogen and oxygen atoms in total. The number of aromatic carboxylic acids is 1. The van der Waals surface area contributed by atoms with Crippen LogP contribution in [0.4, 0.5) is 0 Å². The SMILES string of the molecule is CCCOc1cccc(-c2nc(CCC)c(C(=O)O)s2)c1. The number of aromatic nitrogens is 1. The third-order valence-electron chi connectivity index (χ3n) is 2.93. The van der Waals surface area contributed by atoms with Crippen LogP contribution in [0.2, 0.25) is 0 Å². The fraction of sp³-hybridized carbons (Fsp3) is 0.375. The van der Waals surface area contributed by atoms with Crippen molar-refractivity contribution in [1.82, 2.24) is 4.98 Å². The Balaban J connectivity index is 2.33. The second-order valence-corrected chi connectivity index (χ2v) is 5.73. The molecule has 0 amide bonds. The predicted octanol–water partition coefficient (Wildman–Crippen LogP) is 4.25. The van der Waals surface area contributed by atoms with Gasteiger partial charge in [0.15, 0.2) is 0 Å². The molecule has 0 saturated carbocycles. The summed E-state index contributed by atoms with van der Waals surface area (Å²) in [5.74, 6) is -0.112. The molecule has 1 N–H and O–H groups in total. The number of carboxylic acid groups (broad SMARTS) is 1. The zero-order chi connectivity index (χ0) is 15.2. The average Bonchev–Trinajstić information content (AvgIpc) is 2.90. The van der Waals surface area contributed by atoms with Gasteiger partial charge in [0, 0.05) is 5.56 Å². The minimum atomic E-state index is -0.902. The maximum atomic E-state index is 11.3. The van der Waals surface area contributed by atoms with Crippen molar-refractivity contribution >= 4 is 17.3 Å². The molecule has 0 aliphatic rings. The number of aryl methyl sites for hydroxylation is 1. The molecular weight excluding hydrogens is 286 g/mol. The summed E-state index contributed by atoms with van der Waals surface area (Å²) in [6.45, 7) is 4.74. The second kappa shape index (κ2) is 7.22. The highest BCUT2D eigenvalue weighted by Crippen LogP contribution is 2.31. The van der Waals surface area contributed by atoms with Crippen LogP contribution in [-0.4, -0.2) is 22.7 Å². The molecule has 2 aromatic rings. The van der Waals surface area contributed by atoms with Crippen LogP contribution in [-0.2, 0) is 6.42 Å². The van der Waals surface area contributed by atoms with E-state index < -0.39 is 5.97 Å². The van der Waals surface area contributed by atoms with Crippen molar-refractivity contribution in [2.45, 2.75) is 33.1 Å². The highest BCUT2D eigenvalue weighted by atomic mass is 32.1. The van der Waals surface area contributed by atoms with Gasteiger partial charge in [0.05, 0.1) is 12.3 Å². The zero-order valence-electron chi connectivity index (χ0n) is 12.3. The number of rotatable bonds is 7. The van der Waals surface area contributed by atoms with Gasteiger partial charge in [0.25, 0.3) is 0 Å². The number of hydrogen-bond donors (Lipinski definition) is 1. The van der Waals surface area contributed by atoms with Crippen molar-refractivity contribution in [2.75, 3.05) is 6.61 Å². The van der Waals surface area contributed by atoms with Crippen LogP contribution in [0.1, 0.15) is 42.1 Å². The first-order chi connectivity index (χ1) is 10.2. The van der Waals surface area contributed by atoms with E-state index in [0.717, 1.165) is 29.2 Å². The molecule has 0 radical (unpaired) electrons. The molecule has 0 unspecified atom stereocenters. The Morgan fingerprint density at radius 3 is 2.81 bits per heavy atom. The van der Waals surface area contributed by atoms with Crippen molar-refractivity contribution in [3.8, 4) is 16.3 Å². The van der Waals surface area contributed by atoms with Gasteiger partial charge in [-0.3, -0.25) is 0 Å². The standard InChI is InChI=1S/C16H19NO3S/c1-3-6-13-14(16(18)19)21-15(17-13)11-7-5-8-12(10-11)20-9-4-2/h5,7-8,10H,3-4,6,9H2,1-2H3,(H,18,19). The maximum Gasteiger partial charge on any atom is 0.347 e. The molecule has 0 fully saturated rings. The molecular formula is C16H19NO3S. The summed E-state index contributed by atoms with van der Waals surface area (Å²) in [6.07, 6.45) is 2.51. The minimum Gasteiger partial charge on any atom is -0.494 e. The number of benzene rings is 1. The predicted molar refractivity (Wildman–Crippen MR) is 84.3 cm³/mol. The maximum absolute atomic E-state index is 11.3. The Morgan fingerprint density at radius 1 is 1.33 bits per heavy atom. The van der Waals surface area contributed by atoms with Crippen molar-refractivity contribution in [3.63, 3.8) is 0 Å². The van der Waals surface area contributed by atoms with Gasteiger partial charge in [-0.15, -0.1) is 11.3 Å². The highest BCUT2D eigenvalue weighted by molar-refractivity contribution is 7.17. The largest absolute Gasteiger partial charge is 0.494 e. The van der Waals surface area contributed by atoms with Gasteiger partial charge in [-0.2, -0.15) is 0 Å². The van der Waals surface area contributed by atoms with Crippen LogP contribution in [0, 0.1) is 0 Å². The molecule has 0 spiro atoms. The quantitative estimate of drug-likeness (QED) is 0.830. The number of nitrogens with zero attached hydrogens (tertiary/aromatic N) is 1. The van der Waals surface area contributed by atoms with Crippen molar-refractivity contribution < 1.29 is 14.6 Å². The Hall–Kier alpha value is -1.88. The summed E-state index contributed by atoms with van der Waals surface area (Å²) < 4.78 is 5.61. The fourth-order valence-electron chi connectivity index (χ4n) is 1.99. The van der Waals surface area contributed by atoms with Crippen LogP contribution in [0.5, 0.6) is 5.75 Å². The molecule has 0 atom stereocenters. The molecule has 1 aromatic heterocycles. The number of carbonyl (C=O) groups is 1. The molecule has 1 aromatic carbocycles. The van der Waals surface area contributed by atoms with Gasteiger partial charge in [-0.1, -0.05) is 32.4 Å². The first kappa shape index (κ1) is 15.5. The summed E-state index contributed by atoms with van der Waals surface area (Å²) in [6, 6.07) is 7.65. The van der Waals surface area contributed by atoms with Crippen LogP contribution >= 0.6 is 11.3 Å². The summed E-state index contributed by atoms with van der Waals surface area (Å²) in [5, 5.41) is 10.0. The van der Waals surface area contributed by atoms with Crippen molar-refractivity contribution in [3.05, 3.63) is 34.8 Å². The van der Waals surface area contributed by atoms with Gasteiger partial charge in [-0.25, -0.2) is 9.78 Å². The Labute approximate surface area is 128 Å². The Bertz CT molecular complexity index is 622. The van der Waals surface area contributed by atoms with E-state index in [2.05, 4.69) is 11.9 Å². The third-order valence-corrected chi connectivity index (χ3v) is 4.07. The van der Waals surface area contributed by atoms with E-state index in [9.17, 15) is 9.90 Å². The minimum absolute atomic E-state index is 0.340. The average molecular weight is 305 g/mol. The molecule has 5 heteroatoms. The van der Waals surface area contributed by atoms with E-state index in [1.165, 1.54) is 11.3 Å². The van der Waals surface area contributed by atoms with Gasteiger partial charge >= 0.3 is 5.97 Å². The monoisotopic (exact) mass is 305 g/mol.